The molecule has 2 aromatic heterocycles. The molecule has 1 aliphatic heterocycles. The topological polar surface area (TPSA) is 67.2 Å². The second kappa shape index (κ2) is 8.20. The molecule has 0 aromatic carbocycles. The van der Waals surface area contributed by atoms with E-state index in [-0.39, 0.29) is 11.5 Å². The molecule has 7 nitrogen and oxygen atoms in total. The number of hydrogen-bond acceptors (Lipinski definition) is 7. The Balaban J connectivity index is 2.04. The third-order valence-electron chi connectivity index (χ3n) is 4.05. The number of methoxy groups -OCH3 is 1. The number of ether oxygens (including phenoxy) is 1. The molecule has 3 heterocycles. The lowest BCUT2D eigenvalue weighted by molar-refractivity contribution is -0.122. The average molecular weight is 405 g/mol. The molecule has 0 atom stereocenters. The van der Waals surface area contributed by atoms with Gasteiger partial charge in [0.25, 0.3) is 11.5 Å². The van der Waals surface area contributed by atoms with Gasteiger partial charge in [0.15, 0.2) is 0 Å². The standard InChI is InChI=1S/C18H20N4O3S2/c1-20(2)15-12(16(23)21-8-5-4-7-14(21)19-15)11-13-17(24)22(18(26)27-13)9-6-10-25-3/h4-5,7-8,11H,6,9-10H2,1-3H3. The molecule has 0 saturated carbocycles. The molecular formula is C18H20N4O3S2. The minimum Gasteiger partial charge on any atom is -0.385 e. The van der Waals surface area contributed by atoms with E-state index >= 15 is 0 Å². The van der Waals surface area contributed by atoms with E-state index in [4.69, 9.17) is 17.0 Å². The van der Waals surface area contributed by atoms with Gasteiger partial charge in [-0.1, -0.05) is 30.0 Å². The predicted octanol–water partition coefficient (Wildman–Crippen LogP) is 2.00. The fourth-order valence-electron chi connectivity index (χ4n) is 2.75. The van der Waals surface area contributed by atoms with Crippen molar-refractivity contribution in [3.8, 4) is 0 Å². The predicted molar refractivity (Wildman–Crippen MR) is 112 cm³/mol. The number of pyridine rings is 1. The van der Waals surface area contributed by atoms with Crippen LogP contribution in [0.3, 0.4) is 0 Å². The first-order valence-corrected chi connectivity index (χ1v) is 9.59. The maximum atomic E-state index is 13.0. The number of thioether (sulfide) groups is 1. The van der Waals surface area contributed by atoms with Crippen LogP contribution in [0.5, 0.6) is 0 Å². The highest BCUT2D eigenvalue weighted by molar-refractivity contribution is 8.26. The van der Waals surface area contributed by atoms with Crippen LogP contribution in [0.25, 0.3) is 11.7 Å². The van der Waals surface area contributed by atoms with E-state index in [1.54, 1.807) is 41.3 Å². The van der Waals surface area contributed by atoms with E-state index in [1.807, 2.05) is 20.2 Å². The Labute approximate surface area is 166 Å². The average Bonchev–Trinajstić information content (AvgIpc) is 2.91. The van der Waals surface area contributed by atoms with Crippen LogP contribution < -0.4 is 10.5 Å². The van der Waals surface area contributed by atoms with Crippen molar-refractivity contribution in [2.75, 3.05) is 39.3 Å². The maximum absolute atomic E-state index is 13.0. The molecular weight excluding hydrogens is 384 g/mol. The molecule has 142 valence electrons. The van der Waals surface area contributed by atoms with E-state index in [2.05, 4.69) is 4.98 Å². The number of thiocarbonyl (C=S) groups is 1. The van der Waals surface area contributed by atoms with E-state index in [9.17, 15) is 9.59 Å². The number of anilines is 1. The van der Waals surface area contributed by atoms with Crippen molar-refractivity contribution >= 4 is 51.7 Å². The zero-order valence-corrected chi connectivity index (χ0v) is 17.0. The molecule has 3 rings (SSSR count). The van der Waals surface area contributed by atoms with Crippen molar-refractivity contribution in [1.29, 1.82) is 0 Å². The van der Waals surface area contributed by atoms with Gasteiger partial charge in [-0.05, 0) is 24.6 Å². The van der Waals surface area contributed by atoms with E-state index in [0.717, 1.165) is 0 Å². The number of rotatable bonds is 6. The molecule has 0 spiro atoms. The summed E-state index contributed by atoms with van der Waals surface area (Å²) in [6, 6.07) is 5.37. The Morgan fingerprint density at radius 2 is 2.11 bits per heavy atom. The molecule has 0 bridgehead atoms. The van der Waals surface area contributed by atoms with Crippen LogP contribution in [0.15, 0.2) is 34.1 Å². The maximum Gasteiger partial charge on any atom is 0.267 e. The van der Waals surface area contributed by atoms with Crippen LogP contribution in [-0.4, -0.2) is 58.9 Å². The Bertz CT molecular complexity index is 984. The molecule has 0 N–H and O–H groups in total. The van der Waals surface area contributed by atoms with E-state index in [1.165, 1.54) is 16.2 Å². The van der Waals surface area contributed by atoms with Crippen molar-refractivity contribution in [1.82, 2.24) is 14.3 Å². The lowest BCUT2D eigenvalue weighted by Gasteiger charge is -2.15. The highest BCUT2D eigenvalue weighted by Gasteiger charge is 2.32. The molecule has 0 aliphatic carbocycles. The van der Waals surface area contributed by atoms with Gasteiger partial charge >= 0.3 is 0 Å². The highest BCUT2D eigenvalue weighted by Crippen LogP contribution is 2.33. The van der Waals surface area contributed by atoms with Crippen LogP contribution in [-0.2, 0) is 9.53 Å². The lowest BCUT2D eigenvalue weighted by atomic mass is 10.2. The highest BCUT2D eigenvalue weighted by atomic mass is 32.2. The van der Waals surface area contributed by atoms with Crippen molar-refractivity contribution in [3.05, 3.63) is 45.2 Å². The zero-order chi connectivity index (χ0) is 19.6. The van der Waals surface area contributed by atoms with Gasteiger partial charge in [-0.3, -0.25) is 18.9 Å². The van der Waals surface area contributed by atoms with Crippen LogP contribution in [0.4, 0.5) is 5.82 Å². The number of hydrogen-bond donors (Lipinski definition) is 0. The third-order valence-corrected chi connectivity index (χ3v) is 5.43. The minimum atomic E-state index is -0.228. The summed E-state index contributed by atoms with van der Waals surface area (Å²) in [6.07, 6.45) is 3.95. The number of aromatic nitrogens is 2. The molecule has 1 aliphatic rings. The first-order chi connectivity index (χ1) is 12.9. The molecule has 0 radical (unpaired) electrons. The Kier molecular flexibility index (Phi) is 5.93. The van der Waals surface area contributed by atoms with E-state index in [0.29, 0.717) is 45.8 Å². The quantitative estimate of drug-likeness (QED) is 0.414. The number of carbonyl (C=O) groups excluding carboxylic acids is 1. The van der Waals surface area contributed by atoms with Crippen LogP contribution >= 0.6 is 24.0 Å². The summed E-state index contributed by atoms with van der Waals surface area (Å²) in [5.41, 5.74) is 0.686. The number of nitrogens with zero attached hydrogens (tertiary/aromatic N) is 4. The summed E-state index contributed by atoms with van der Waals surface area (Å²) in [7, 11) is 5.25. The van der Waals surface area contributed by atoms with Gasteiger partial charge in [0.1, 0.15) is 15.8 Å². The van der Waals surface area contributed by atoms with Crippen molar-refractivity contribution < 1.29 is 9.53 Å². The van der Waals surface area contributed by atoms with Crippen LogP contribution in [0.1, 0.15) is 12.0 Å². The first-order valence-electron chi connectivity index (χ1n) is 8.37. The Morgan fingerprint density at radius 1 is 1.33 bits per heavy atom. The molecule has 1 amide bonds. The van der Waals surface area contributed by atoms with Gasteiger partial charge in [0.2, 0.25) is 0 Å². The fourth-order valence-corrected chi connectivity index (χ4v) is 4.04. The molecule has 1 saturated heterocycles. The normalized spacial score (nSPS) is 16.0. The molecule has 2 aromatic rings. The fraction of sp³-hybridized carbons (Fsp3) is 0.333. The summed E-state index contributed by atoms with van der Waals surface area (Å²) in [5.74, 6) is 0.319. The summed E-state index contributed by atoms with van der Waals surface area (Å²) in [6.45, 7) is 1.04. The largest absolute Gasteiger partial charge is 0.385 e. The summed E-state index contributed by atoms with van der Waals surface area (Å²) >= 11 is 6.53. The Hall–Kier alpha value is -2.23. The smallest absolute Gasteiger partial charge is 0.267 e. The lowest BCUT2D eigenvalue weighted by Crippen LogP contribution is -2.29. The zero-order valence-electron chi connectivity index (χ0n) is 15.3. The van der Waals surface area contributed by atoms with Crippen molar-refractivity contribution in [3.63, 3.8) is 0 Å². The first kappa shape index (κ1) is 19.5. The van der Waals surface area contributed by atoms with Crippen LogP contribution in [0, 0.1) is 0 Å². The minimum absolute atomic E-state index is 0.191. The van der Waals surface area contributed by atoms with Gasteiger partial charge < -0.3 is 9.64 Å². The summed E-state index contributed by atoms with van der Waals surface area (Å²) in [5, 5.41) is 0. The number of fused-ring (bicyclic) bond motifs is 1. The van der Waals surface area contributed by atoms with Gasteiger partial charge in [-0.2, -0.15) is 0 Å². The van der Waals surface area contributed by atoms with Gasteiger partial charge in [0, 0.05) is 40.6 Å². The molecule has 0 unspecified atom stereocenters. The van der Waals surface area contributed by atoms with Crippen molar-refractivity contribution in [2.24, 2.45) is 0 Å². The SMILES string of the molecule is COCCCN1C(=O)C(=Cc2c(N(C)C)nc3ccccn3c2=O)SC1=S. The van der Waals surface area contributed by atoms with Gasteiger partial charge in [-0.15, -0.1) is 0 Å². The van der Waals surface area contributed by atoms with E-state index < -0.39 is 0 Å². The monoisotopic (exact) mass is 404 g/mol. The second-order valence-electron chi connectivity index (χ2n) is 6.16. The van der Waals surface area contributed by atoms with Gasteiger partial charge in [-0.25, -0.2) is 4.98 Å². The summed E-state index contributed by atoms with van der Waals surface area (Å²) in [4.78, 5) is 34.0. The number of amides is 1. The molecule has 1 fully saturated rings. The number of carbonyl (C=O) groups is 1. The van der Waals surface area contributed by atoms with Crippen molar-refractivity contribution in [2.45, 2.75) is 6.42 Å². The van der Waals surface area contributed by atoms with Crippen LogP contribution in [0.2, 0.25) is 0 Å². The summed E-state index contributed by atoms with van der Waals surface area (Å²) < 4.78 is 6.99. The van der Waals surface area contributed by atoms with Gasteiger partial charge in [0.05, 0.1) is 10.5 Å². The second-order valence-corrected chi connectivity index (χ2v) is 7.83. The third kappa shape index (κ3) is 3.90. The molecule has 27 heavy (non-hydrogen) atoms. The molecule has 9 heteroatoms. The Morgan fingerprint density at radius 3 is 2.81 bits per heavy atom.